The molecule has 3 aromatic rings. The molecule has 32 heavy (non-hydrogen) atoms. The molecule has 7 heteroatoms. The van der Waals surface area contributed by atoms with Gasteiger partial charge >= 0.3 is 0 Å². The largest absolute Gasteiger partial charge is 0.497 e. The molecular weight excluding hydrogens is 427 g/mol. The minimum Gasteiger partial charge on any atom is -0.497 e. The minimum atomic E-state index is -1.10. The zero-order chi connectivity index (χ0) is 22.7. The third-order valence-electron chi connectivity index (χ3n) is 6.06. The van der Waals surface area contributed by atoms with Gasteiger partial charge in [0.2, 0.25) is 0 Å². The predicted octanol–water partition coefficient (Wildman–Crippen LogP) is 4.39. The van der Waals surface area contributed by atoms with Gasteiger partial charge in [0.1, 0.15) is 11.6 Å². The molecule has 5 nitrogen and oxygen atoms in total. The number of nitrogens with one attached hydrogen (secondary N) is 1. The second-order valence-electron chi connectivity index (χ2n) is 8.34. The SMILES string of the molecule is COc1ccc(CN2CC[C@@](C)(O)[C@@H](NC(=O)c3ccc(F)cc3)[C@@H]2c2cccs2)cc1. The lowest BCUT2D eigenvalue weighted by atomic mass is 9.81. The van der Waals surface area contributed by atoms with Gasteiger partial charge in [0.25, 0.3) is 5.91 Å². The second-order valence-corrected chi connectivity index (χ2v) is 9.32. The Balaban J connectivity index is 1.63. The number of piperidine rings is 1. The number of carbonyl (C=O) groups excluding carboxylic acids is 1. The fourth-order valence-electron chi connectivity index (χ4n) is 4.22. The molecule has 1 amide bonds. The van der Waals surface area contributed by atoms with Gasteiger partial charge in [0, 0.05) is 23.5 Å². The van der Waals surface area contributed by atoms with Crippen LogP contribution in [-0.2, 0) is 6.54 Å². The second kappa shape index (κ2) is 9.40. The average molecular weight is 455 g/mol. The van der Waals surface area contributed by atoms with Crippen LogP contribution in [0.2, 0.25) is 0 Å². The maximum atomic E-state index is 13.3. The number of benzene rings is 2. The van der Waals surface area contributed by atoms with Crippen molar-refractivity contribution in [3.05, 3.63) is 87.9 Å². The first kappa shape index (κ1) is 22.5. The van der Waals surface area contributed by atoms with Gasteiger partial charge in [-0.3, -0.25) is 9.69 Å². The molecule has 1 aliphatic heterocycles. The van der Waals surface area contributed by atoms with Crippen LogP contribution < -0.4 is 10.1 Å². The van der Waals surface area contributed by atoms with Crippen molar-refractivity contribution in [1.29, 1.82) is 0 Å². The molecule has 2 aromatic carbocycles. The van der Waals surface area contributed by atoms with E-state index < -0.39 is 17.5 Å². The number of nitrogens with zero attached hydrogens (tertiary/aromatic N) is 1. The maximum Gasteiger partial charge on any atom is 0.251 e. The quantitative estimate of drug-likeness (QED) is 0.580. The first-order chi connectivity index (χ1) is 15.4. The Labute approximate surface area is 191 Å². The van der Waals surface area contributed by atoms with Crippen LogP contribution in [0.3, 0.4) is 0 Å². The first-order valence-corrected chi connectivity index (χ1v) is 11.4. The van der Waals surface area contributed by atoms with Crippen LogP contribution in [0.25, 0.3) is 0 Å². The van der Waals surface area contributed by atoms with Crippen molar-refractivity contribution < 1.29 is 19.0 Å². The van der Waals surface area contributed by atoms with Crippen LogP contribution in [0.15, 0.2) is 66.0 Å². The van der Waals surface area contributed by atoms with E-state index in [0.29, 0.717) is 25.1 Å². The zero-order valence-corrected chi connectivity index (χ0v) is 18.9. The Morgan fingerprint density at radius 2 is 1.94 bits per heavy atom. The molecule has 0 bridgehead atoms. The number of thiophene rings is 1. The molecule has 0 spiro atoms. The Morgan fingerprint density at radius 3 is 2.56 bits per heavy atom. The molecule has 2 heterocycles. The number of amides is 1. The highest BCUT2D eigenvalue weighted by atomic mass is 32.1. The van der Waals surface area contributed by atoms with Gasteiger partial charge in [-0.2, -0.15) is 0 Å². The number of ether oxygens (including phenoxy) is 1. The van der Waals surface area contributed by atoms with E-state index in [1.165, 1.54) is 24.3 Å². The van der Waals surface area contributed by atoms with Crippen molar-refractivity contribution in [2.45, 2.75) is 37.6 Å². The number of likely N-dealkylation sites (tertiary alicyclic amines) is 1. The van der Waals surface area contributed by atoms with Crippen LogP contribution in [0.1, 0.15) is 40.2 Å². The molecule has 0 unspecified atom stereocenters. The van der Waals surface area contributed by atoms with Gasteiger partial charge in [0.05, 0.1) is 24.8 Å². The Kier molecular flexibility index (Phi) is 6.60. The fraction of sp³-hybridized carbons (Fsp3) is 0.320. The normalized spacial score (nSPS) is 23.6. The van der Waals surface area contributed by atoms with E-state index in [1.54, 1.807) is 25.4 Å². The summed E-state index contributed by atoms with van der Waals surface area (Å²) in [6.45, 7) is 3.13. The van der Waals surface area contributed by atoms with Crippen molar-refractivity contribution in [2.75, 3.05) is 13.7 Å². The van der Waals surface area contributed by atoms with Crippen molar-refractivity contribution in [3.63, 3.8) is 0 Å². The average Bonchev–Trinajstić information content (AvgIpc) is 3.31. The summed E-state index contributed by atoms with van der Waals surface area (Å²) in [4.78, 5) is 16.4. The molecule has 2 N–H and O–H groups in total. The molecule has 0 aliphatic carbocycles. The number of hydrogen-bond acceptors (Lipinski definition) is 5. The lowest BCUT2D eigenvalue weighted by molar-refractivity contribution is -0.0656. The topological polar surface area (TPSA) is 61.8 Å². The fourth-order valence-corrected chi connectivity index (χ4v) is 5.12. The van der Waals surface area contributed by atoms with Crippen LogP contribution >= 0.6 is 11.3 Å². The Morgan fingerprint density at radius 1 is 1.22 bits per heavy atom. The lowest BCUT2D eigenvalue weighted by Gasteiger charge is -2.48. The summed E-state index contributed by atoms with van der Waals surface area (Å²) >= 11 is 1.61. The summed E-state index contributed by atoms with van der Waals surface area (Å²) in [6, 6.07) is 16.6. The molecule has 3 atom stereocenters. The number of halogens is 1. The van der Waals surface area contributed by atoms with Gasteiger partial charge in [-0.1, -0.05) is 18.2 Å². The van der Waals surface area contributed by atoms with E-state index >= 15 is 0 Å². The van der Waals surface area contributed by atoms with Crippen LogP contribution in [0.5, 0.6) is 5.75 Å². The van der Waals surface area contributed by atoms with Crippen molar-refractivity contribution >= 4 is 17.2 Å². The standard InChI is InChI=1S/C25H27FN2O3S/c1-25(30)13-14-28(16-17-5-11-20(31-2)12-6-17)22(21-4-3-15-32-21)23(25)27-24(29)18-7-9-19(26)10-8-18/h3-12,15,22-23,30H,13-14,16H2,1-2H3,(H,27,29)/t22-,23-,25+/m0/s1. The maximum absolute atomic E-state index is 13.3. The molecular formula is C25H27FN2O3S. The summed E-state index contributed by atoms with van der Waals surface area (Å²) in [7, 11) is 1.64. The molecule has 1 aromatic heterocycles. The third-order valence-corrected chi connectivity index (χ3v) is 7.00. The molecule has 4 rings (SSSR count). The van der Waals surface area contributed by atoms with Crippen LogP contribution in [0, 0.1) is 5.82 Å². The number of carbonyl (C=O) groups is 1. The molecule has 0 radical (unpaired) electrons. The summed E-state index contributed by atoms with van der Waals surface area (Å²) in [5, 5.41) is 16.3. The highest BCUT2D eigenvalue weighted by Gasteiger charge is 2.46. The van der Waals surface area contributed by atoms with E-state index in [2.05, 4.69) is 10.2 Å². The molecule has 1 aliphatic rings. The number of aliphatic hydroxyl groups is 1. The zero-order valence-electron chi connectivity index (χ0n) is 18.1. The minimum absolute atomic E-state index is 0.203. The van der Waals surface area contributed by atoms with E-state index in [4.69, 9.17) is 4.74 Å². The highest BCUT2D eigenvalue weighted by Crippen LogP contribution is 2.39. The Bertz CT molecular complexity index is 1040. The van der Waals surface area contributed by atoms with Gasteiger partial charge in [-0.15, -0.1) is 11.3 Å². The smallest absolute Gasteiger partial charge is 0.251 e. The summed E-state index contributed by atoms with van der Waals surface area (Å²) in [5.41, 5.74) is 0.387. The lowest BCUT2D eigenvalue weighted by Crippen LogP contribution is -2.62. The summed E-state index contributed by atoms with van der Waals surface area (Å²) < 4.78 is 18.6. The Hall–Kier alpha value is -2.74. The third kappa shape index (κ3) is 4.85. The highest BCUT2D eigenvalue weighted by molar-refractivity contribution is 7.10. The van der Waals surface area contributed by atoms with Gasteiger partial charge in [0.15, 0.2) is 0 Å². The first-order valence-electron chi connectivity index (χ1n) is 10.6. The summed E-state index contributed by atoms with van der Waals surface area (Å²) in [6.07, 6.45) is 0.513. The van der Waals surface area contributed by atoms with E-state index in [-0.39, 0.29) is 11.9 Å². The van der Waals surface area contributed by atoms with Gasteiger partial charge in [-0.05, 0) is 66.8 Å². The van der Waals surface area contributed by atoms with Crippen LogP contribution in [0.4, 0.5) is 4.39 Å². The van der Waals surface area contributed by atoms with Crippen molar-refractivity contribution in [3.8, 4) is 5.75 Å². The van der Waals surface area contributed by atoms with E-state index in [9.17, 15) is 14.3 Å². The molecule has 0 saturated carbocycles. The number of rotatable bonds is 6. The van der Waals surface area contributed by atoms with Gasteiger partial charge < -0.3 is 15.2 Å². The summed E-state index contributed by atoms with van der Waals surface area (Å²) in [5.74, 6) is 0.0750. The predicted molar refractivity (Wildman–Crippen MR) is 123 cm³/mol. The number of hydrogen-bond donors (Lipinski definition) is 2. The number of methoxy groups -OCH3 is 1. The molecule has 1 fully saturated rings. The van der Waals surface area contributed by atoms with Crippen molar-refractivity contribution in [2.24, 2.45) is 0 Å². The monoisotopic (exact) mass is 454 g/mol. The van der Waals surface area contributed by atoms with Gasteiger partial charge in [-0.25, -0.2) is 4.39 Å². The van der Waals surface area contributed by atoms with E-state index in [1.807, 2.05) is 41.8 Å². The van der Waals surface area contributed by atoms with Crippen LogP contribution in [-0.4, -0.2) is 41.2 Å². The van der Waals surface area contributed by atoms with E-state index in [0.717, 1.165) is 16.2 Å². The molecule has 1 saturated heterocycles. The van der Waals surface area contributed by atoms with Crippen molar-refractivity contribution in [1.82, 2.24) is 10.2 Å². The molecule has 168 valence electrons.